The minimum absolute atomic E-state index is 0.0458. The molecule has 0 fully saturated rings. The molecule has 1 aromatic carbocycles. The maximum atomic E-state index is 10.5. The van der Waals surface area contributed by atoms with E-state index < -0.39 is 4.92 Å². The normalized spacial score (nSPS) is 10.1. The van der Waals surface area contributed by atoms with Gasteiger partial charge in [0.05, 0.1) is 10.5 Å². The quantitative estimate of drug-likeness (QED) is 0.576. The number of benzene rings is 1. The van der Waals surface area contributed by atoms with Gasteiger partial charge in [-0.2, -0.15) is 0 Å². The summed E-state index contributed by atoms with van der Waals surface area (Å²) in [5.41, 5.74) is 0.230. The van der Waals surface area contributed by atoms with E-state index in [4.69, 9.17) is 0 Å². The van der Waals surface area contributed by atoms with Gasteiger partial charge in [0, 0.05) is 24.5 Å². The Morgan fingerprint density at radius 1 is 1.47 bits per heavy atom. The van der Waals surface area contributed by atoms with Crippen LogP contribution in [0.25, 0.3) is 11.4 Å². The number of hydrogen-bond acceptors (Lipinski definition) is 4. The first-order chi connectivity index (χ1) is 7.18. The first-order valence-electron chi connectivity index (χ1n) is 4.15. The molecule has 2 rings (SSSR count). The molecule has 0 amide bonds. The van der Waals surface area contributed by atoms with Crippen molar-refractivity contribution in [3.05, 3.63) is 40.7 Å². The summed E-state index contributed by atoms with van der Waals surface area (Å²) in [5, 5.41) is 20.0. The second kappa shape index (κ2) is 3.41. The third-order valence-corrected chi connectivity index (χ3v) is 1.94. The van der Waals surface area contributed by atoms with Crippen molar-refractivity contribution in [2.75, 3.05) is 0 Å². The van der Waals surface area contributed by atoms with Crippen LogP contribution in [0.1, 0.15) is 0 Å². The number of aromatic hydroxyl groups is 1. The zero-order valence-electron chi connectivity index (χ0n) is 7.54. The summed E-state index contributed by atoms with van der Waals surface area (Å²) in [6, 6.07) is 3.78. The van der Waals surface area contributed by atoms with E-state index in [0.717, 1.165) is 0 Å². The smallest absolute Gasteiger partial charge is 0.270 e. The van der Waals surface area contributed by atoms with Crippen LogP contribution in [0.2, 0.25) is 0 Å². The van der Waals surface area contributed by atoms with E-state index in [-0.39, 0.29) is 11.4 Å². The number of H-pyrrole nitrogens is 1. The summed E-state index contributed by atoms with van der Waals surface area (Å²) in [4.78, 5) is 16.7. The first kappa shape index (κ1) is 9.20. The number of nitro groups is 1. The number of nitrogens with zero attached hydrogens (tertiary/aromatic N) is 2. The molecule has 0 aliphatic rings. The summed E-state index contributed by atoms with van der Waals surface area (Å²) < 4.78 is 0. The van der Waals surface area contributed by atoms with Crippen LogP contribution in [0.3, 0.4) is 0 Å². The van der Waals surface area contributed by atoms with E-state index in [9.17, 15) is 15.2 Å². The third kappa shape index (κ3) is 1.64. The highest BCUT2D eigenvalue weighted by Gasteiger charge is 2.12. The van der Waals surface area contributed by atoms with Crippen molar-refractivity contribution in [3.8, 4) is 17.1 Å². The predicted molar refractivity (Wildman–Crippen MR) is 52.3 cm³/mol. The van der Waals surface area contributed by atoms with Crippen LogP contribution in [0, 0.1) is 10.1 Å². The fourth-order valence-corrected chi connectivity index (χ4v) is 1.24. The molecule has 1 heterocycles. The number of rotatable bonds is 2. The largest absolute Gasteiger partial charge is 0.507 e. The maximum absolute atomic E-state index is 10.5. The van der Waals surface area contributed by atoms with E-state index in [1.54, 1.807) is 6.20 Å². The fourth-order valence-electron chi connectivity index (χ4n) is 1.24. The molecule has 0 unspecified atom stereocenters. The first-order valence-corrected chi connectivity index (χ1v) is 4.15. The van der Waals surface area contributed by atoms with Crippen LogP contribution in [-0.4, -0.2) is 20.0 Å². The lowest BCUT2D eigenvalue weighted by atomic mass is 10.1. The highest BCUT2D eigenvalue weighted by Crippen LogP contribution is 2.29. The van der Waals surface area contributed by atoms with Crippen molar-refractivity contribution < 1.29 is 10.0 Å². The minimum atomic E-state index is -0.522. The van der Waals surface area contributed by atoms with Gasteiger partial charge in [-0.15, -0.1) is 0 Å². The van der Waals surface area contributed by atoms with Crippen molar-refractivity contribution in [2.24, 2.45) is 0 Å². The molecule has 0 saturated heterocycles. The minimum Gasteiger partial charge on any atom is -0.507 e. The molecule has 0 atom stereocenters. The van der Waals surface area contributed by atoms with Gasteiger partial charge in [0.1, 0.15) is 11.6 Å². The number of nitrogens with one attached hydrogen (secondary N) is 1. The van der Waals surface area contributed by atoms with Gasteiger partial charge < -0.3 is 10.1 Å². The highest BCUT2D eigenvalue weighted by atomic mass is 16.6. The van der Waals surface area contributed by atoms with Gasteiger partial charge in [0.25, 0.3) is 5.69 Å². The molecule has 0 bridgehead atoms. The van der Waals surface area contributed by atoms with E-state index in [1.165, 1.54) is 24.4 Å². The maximum Gasteiger partial charge on any atom is 0.270 e. The Balaban J connectivity index is 2.55. The molecule has 1 aromatic heterocycles. The Morgan fingerprint density at radius 2 is 2.27 bits per heavy atom. The van der Waals surface area contributed by atoms with Crippen molar-refractivity contribution in [1.29, 1.82) is 0 Å². The fraction of sp³-hybridized carbons (Fsp3) is 0. The van der Waals surface area contributed by atoms with E-state index in [2.05, 4.69) is 9.97 Å². The van der Waals surface area contributed by atoms with Crippen LogP contribution in [-0.2, 0) is 0 Å². The highest BCUT2D eigenvalue weighted by molar-refractivity contribution is 5.66. The van der Waals surface area contributed by atoms with Gasteiger partial charge in [0.2, 0.25) is 0 Å². The zero-order valence-corrected chi connectivity index (χ0v) is 7.54. The number of nitro benzene ring substituents is 1. The molecule has 0 aliphatic carbocycles. The average molecular weight is 205 g/mol. The van der Waals surface area contributed by atoms with Crippen LogP contribution < -0.4 is 0 Å². The molecule has 0 spiro atoms. The molecule has 2 N–H and O–H groups in total. The number of non-ortho nitro benzene ring substituents is 1. The Hall–Kier alpha value is -2.37. The number of hydrogen-bond donors (Lipinski definition) is 2. The molecule has 6 nitrogen and oxygen atoms in total. The Bertz CT molecular complexity index is 493. The summed E-state index contributed by atoms with van der Waals surface area (Å²) in [6.45, 7) is 0. The Kier molecular flexibility index (Phi) is 2.09. The van der Waals surface area contributed by atoms with Crippen molar-refractivity contribution in [3.63, 3.8) is 0 Å². The van der Waals surface area contributed by atoms with Crippen molar-refractivity contribution >= 4 is 5.69 Å². The molecule has 15 heavy (non-hydrogen) atoms. The van der Waals surface area contributed by atoms with Crippen LogP contribution >= 0.6 is 0 Å². The summed E-state index contributed by atoms with van der Waals surface area (Å²) in [5.74, 6) is 0.353. The second-order valence-electron chi connectivity index (χ2n) is 2.90. The molecule has 0 radical (unpaired) electrons. The number of aromatic amines is 1. The van der Waals surface area contributed by atoms with Crippen LogP contribution in [0.15, 0.2) is 30.6 Å². The summed E-state index contributed by atoms with van der Waals surface area (Å²) in [7, 11) is 0. The SMILES string of the molecule is O=[N+]([O-])c1ccc(O)c(-c2ncc[nH]2)c1. The van der Waals surface area contributed by atoms with Gasteiger partial charge in [-0.1, -0.05) is 0 Å². The van der Waals surface area contributed by atoms with Crippen molar-refractivity contribution in [1.82, 2.24) is 9.97 Å². The van der Waals surface area contributed by atoms with Crippen molar-refractivity contribution in [2.45, 2.75) is 0 Å². The van der Waals surface area contributed by atoms with E-state index in [0.29, 0.717) is 11.4 Å². The number of imidazole rings is 1. The van der Waals surface area contributed by atoms with Gasteiger partial charge in [-0.25, -0.2) is 4.98 Å². The van der Waals surface area contributed by atoms with Crippen LogP contribution in [0.5, 0.6) is 5.75 Å². The molecule has 0 saturated carbocycles. The molecular weight excluding hydrogens is 198 g/mol. The standard InChI is InChI=1S/C9H7N3O3/c13-8-2-1-6(12(14)15)5-7(8)9-10-3-4-11-9/h1-5,13H,(H,10,11). The Morgan fingerprint density at radius 3 is 2.87 bits per heavy atom. The Labute approximate surface area is 84.4 Å². The summed E-state index contributed by atoms with van der Waals surface area (Å²) in [6.07, 6.45) is 3.08. The second-order valence-corrected chi connectivity index (χ2v) is 2.90. The molecule has 0 aliphatic heterocycles. The molecule has 2 aromatic rings. The van der Waals surface area contributed by atoms with Gasteiger partial charge in [-0.3, -0.25) is 10.1 Å². The van der Waals surface area contributed by atoms with Gasteiger partial charge in [0.15, 0.2) is 0 Å². The van der Waals surface area contributed by atoms with E-state index in [1.807, 2.05) is 0 Å². The number of aromatic nitrogens is 2. The topological polar surface area (TPSA) is 92.1 Å². The number of phenols is 1. The monoisotopic (exact) mass is 205 g/mol. The van der Waals surface area contributed by atoms with Gasteiger partial charge in [-0.05, 0) is 6.07 Å². The third-order valence-electron chi connectivity index (χ3n) is 1.94. The molecule has 76 valence electrons. The van der Waals surface area contributed by atoms with Gasteiger partial charge >= 0.3 is 0 Å². The van der Waals surface area contributed by atoms with Crippen LogP contribution in [0.4, 0.5) is 5.69 Å². The predicted octanol–water partition coefficient (Wildman–Crippen LogP) is 1.69. The lowest BCUT2D eigenvalue weighted by molar-refractivity contribution is -0.384. The van der Waals surface area contributed by atoms with E-state index >= 15 is 0 Å². The lowest BCUT2D eigenvalue weighted by Crippen LogP contribution is -1.89. The average Bonchev–Trinajstić information content (AvgIpc) is 2.71. The summed E-state index contributed by atoms with van der Waals surface area (Å²) >= 11 is 0. The number of phenolic OH excluding ortho intramolecular Hbond substituents is 1. The lowest BCUT2D eigenvalue weighted by Gasteiger charge is -2.00. The molecule has 6 heteroatoms. The zero-order chi connectivity index (χ0) is 10.8. The molecular formula is C9H7N3O3.